The van der Waals surface area contributed by atoms with Crippen LogP contribution < -0.4 is 48.3 Å². The molecular formula is C50H85N9O11S. The molecule has 71 heavy (non-hydrogen) atoms. The van der Waals surface area contributed by atoms with Crippen molar-refractivity contribution in [3.05, 3.63) is 35.9 Å². The zero-order chi connectivity index (χ0) is 54.3. The number of hydrogen-bond donors (Lipinski definition) is 11. The third-order valence-corrected chi connectivity index (χ3v) is 12.3. The molecule has 0 heterocycles. The van der Waals surface area contributed by atoms with E-state index in [1.165, 1.54) is 25.6 Å². The topological polar surface area (TPSA) is 316 Å². The number of hydrogen-bond acceptors (Lipinski definition) is 12. The summed E-state index contributed by atoms with van der Waals surface area (Å²) in [6, 6.07) is -1.90. The van der Waals surface area contributed by atoms with Crippen LogP contribution in [0, 0.1) is 29.6 Å². The predicted molar refractivity (Wildman–Crippen MR) is 274 cm³/mol. The number of nitrogens with two attached hydrogens (primary N) is 1. The maximum atomic E-state index is 14.4. The van der Waals surface area contributed by atoms with E-state index in [9.17, 15) is 53.4 Å². The molecular weight excluding hydrogens is 935 g/mol. The fraction of sp³-hybridized carbons (Fsp3) is 0.700. The molecule has 0 saturated carbocycles. The van der Waals surface area contributed by atoms with Gasteiger partial charge in [0.1, 0.15) is 48.3 Å². The van der Waals surface area contributed by atoms with Crippen molar-refractivity contribution in [1.82, 2.24) is 42.5 Å². The Balaban J connectivity index is 3.55. The molecule has 0 aromatic heterocycles. The Bertz CT molecular complexity index is 1900. The molecule has 12 N–H and O–H groups in total. The smallest absolute Gasteiger partial charge is 0.326 e. The molecule has 0 aliphatic heterocycles. The van der Waals surface area contributed by atoms with E-state index in [1.54, 1.807) is 65.0 Å². The summed E-state index contributed by atoms with van der Waals surface area (Å²) in [7, 11) is 0. The summed E-state index contributed by atoms with van der Waals surface area (Å²) in [6.07, 6.45) is 1.45. The van der Waals surface area contributed by atoms with Crippen molar-refractivity contribution in [2.24, 2.45) is 35.3 Å². The van der Waals surface area contributed by atoms with Gasteiger partial charge in [-0.15, -0.1) is 0 Å². The van der Waals surface area contributed by atoms with E-state index in [1.807, 2.05) is 40.9 Å². The molecule has 0 bridgehead atoms. The number of benzene rings is 1. The van der Waals surface area contributed by atoms with Crippen molar-refractivity contribution < 1.29 is 53.4 Å². The third kappa shape index (κ3) is 23.2. The van der Waals surface area contributed by atoms with Gasteiger partial charge in [-0.3, -0.25) is 38.4 Å². The van der Waals surface area contributed by atoms with Gasteiger partial charge in [-0.2, -0.15) is 11.8 Å². The summed E-state index contributed by atoms with van der Waals surface area (Å²) >= 11 is 1.42. The van der Waals surface area contributed by atoms with Crippen LogP contribution in [0.5, 0.6) is 0 Å². The Hall–Kier alpha value is -5.28. The van der Waals surface area contributed by atoms with Crippen molar-refractivity contribution in [3.63, 3.8) is 0 Å². The van der Waals surface area contributed by atoms with Crippen molar-refractivity contribution in [2.75, 3.05) is 12.0 Å². The first-order valence-corrected chi connectivity index (χ1v) is 26.1. The lowest BCUT2D eigenvalue weighted by Gasteiger charge is -2.30. The average molecular weight is 1020 g/mol. The van der Waals surface area contributed by atoms with Gasteiger partial charge in [0.05, 0.1) is 12.1 Å². The average Bonchev–Trinajstić information content (AvgIpc) is 3.28. The number of aliphatic hydroxyl groups is 1. The lowest BCUT2D eigenvalue weighted by molar-refractivity contribution is -0.144. The van der Waals surface area contributed by atoms with Crippen LogP contribution in [-0.2, 0) is 49.6 Å². The molecule has 11 atom stereocenters. The number of carbonyl (C=O) groups is 9. The van der Waals surface area contributed by atoms with Crippen LogP contribution in [0.25, 0.3) is 0 Å². The van der Waals surface area contributed by atoms with Crippen molar-refractivity contribution in [2.45, 2.75) is 182 Å². The van der Waals surface area contributed by atoms with Gasteiger partial charge in [0.25, 0.3) is 0 Å². The standard InChI is InChI=1S/C50H85N9O11S/c1-14-30(10)40(48(67)56-37(24-28(6)7)47(66)59-41(32(12)60)49(68)57-39(29(8)9)50(69)70)58-43(62)34(20-21-71-13)52-46(65)38(25-33-18-16-15-17-19-33)55-45(64)36(23-27(4)5)54-44(63)35(22-26(2)3)53-42(61)31(11)51/h15-19,26-32,34-41,60H,14,20-25,51H2,1-13H3,(H,52,65)(H,53,61)(H,54,63)(H,55,64)(H,56,67)(H,57,68)(H,58,62)(H,59,66)(H,69,70)/t30-,31-,32+,34-,35-,36-,37-,38-,39-,40-,41-/m0/s1. The fourth-order valence-corrected chi connectivity index (χ4v) is 7.90. The molecule has 1 aromatic rings. The first-order chi connectivity index (χ1) is 33.1. The van der Waals surface area contributed by atoms with Crippen LogP contribution in [0.3, 0.4) is 0 Å². The van der Waals surface area contributed by atoms with Crippen LogP contribution in [0.4, 0.5) is 0 Å². The fourth-order valence-electron chi connectivity index (χ4n) is 7.43. The van der Waals surface area contributed by atoms with Gasteiger partial charge >= 0.3 is 5.97 Å². The SMILES string of the molecule is CC[C@H](C)[C@H](NC(=O)[C@H](CCSC)NC(=O)[C@H](Cc1ccccc1)NC(=O)[C@H](CC(C)C)NC(=O)[C@H](CC(C)C)NC(=O)[C@H](C)N)C(=O)N[C@@H](CC(C)C)C(=O)N[C@H](C(=O)N[C@H](C(=O)O)C(C)C)[C@@H](C)O. The summed E-state index contributed by atoms with van der Waals surface area (Å²) in [6.45, 7) is 20.6. The number of rotatable bonds is 32. The Kier molecular flexibility index (Phi) is 28.7. The zero-order valence-electron chi connectivity index (χ0n) is 44.1. The highest BCUT2D eigenvalue weighted by atomic mass is 32.2. The third-order valence-electron chi connectivity index (χ3n) is 11.7. The summed E-state index contributed by atoms with van der Waals surface area (Å²) in [4.78, 5) is 122. The predicted octanol–water partition coefficient (Wildman–Crippen LogP) is 1.51. The molecule has 1 rings (SSSR count). The summed E-state index contributed by atoms with van der Waals surface area (Å²) in [5.41, 5.74) is 6.46. The van der Waals surface area contributed by atoms with Gasteiger partial charge in [-0.05, 0) is 86.7 Å². The second kappa shape index (κ2) is 31.9. The van der Waals surface area contributed by atoms with Crippen LogP contribution in [0.2, 0.25) is 0 Å². The molecule has 0 radical (unpaired) electrons. The first kappa shape index (κ1) is 63.7. The molecule has 20 nitrogen and oxygen atoms in total. The van der Waals surface area contributed by atoms with Crippen molar-refractivity contribution in [1.29, 1.82) is 0 Å². The van der Waals surface area contributed by atoms with Crippen LogP contribution in [-0.4, -0.2) is 136 Å². The van der Waals surface area contributed by atoms with E-state index in [-0.39, 0.29) is 49.9 Å². The van der Waals surface area contributed by atoms with E-state index < -0.39 is 126 Å². The Morgan fingerprint density at radius 2 is 0.901 bits per heavy atom. The van der Waals surface area contributed by atoms with Gasteiger partial charge < -0.3 is 58.5 Å². The number of aliphatic carboxylic acids is 1. The van der Waals surface area contributed by atoms with E-state index in [0.717, 1.165) is 0 Å². The molecule has 1 aromatic carbocycles. The molecule has 0 saturated heterocycles. The minimum atomic E-state index is -1.57. The van der Waals surface area contributed by atoms with Crippen LogP contribution in [0.1, 0.15) is 121 Å². The number of thioether (sulfide) groups is 1. The minimum absolute atomic E-state index is 0.00209. The van der Waals surface area contributed by atoms with E-state index in [4.69, 9.17) is 5.73 Å². The number of nitrogens with one attached hydrogen (secondary N) is 8. The molecule has 8 amide bonds. The maximum Gasteiger partial charge on any atom is 0.326 e. The molecule has 0 unspecified atom stereocenters. The number of carbonyl (C=O) groups excluding carboxylic acids is 8. The normalized spacial score (nSPS) is 16.2. The first-order valence-electron chi connectivity index (χ1n) is 24.8. The highest BCUT2D eigenvalue weighted by molar-refractivity contribution is 7.98. The summed E-state index contributed by atoms with van der Waals surface area (Å²) in [5, 5.41) is 41.6. The van der Waals surface area contributed by atoms with Crippen molar-refractivity contribution in [3.8, 4) is 0 Å². The van der Waals surface area contributed by atoms with Gasteiger partial charge in [0.2, 0.25) is 47.3 Å². The highest BCUT2D eigenvalue weighted by Gasteiger charge is 2.37. The molecule has 21 heteroatoms. The van der Waals surface area contributed by atoms with E-state index >= 15 is 0 Å². The number of amides is 8. The largest absolute Gasteiger partial charge is 0.480 e. The monoisotopic (exact) mass is 1020 g/mol. The summed E-state index contributed by atoms with van der Waals surface area (Å²) < 4.78 is 0. The molecule has 0 spiro atoms. The number of carboxylic acids is 1. The van der Waals surface area contributed by atoms with E-state index in [0.29, 0.717) is 17.7 Å². The minimum Gasteiger partial charge on any atom is -0.480 e. The Morgan fingerprint density at radius 1 is 0.521 bits per heavy atom. The zero-order valence-corrected chi connectivity index (χ0v) is 44.9. The number of carboxylic acid groups (broad SMARTS) is 1. The second-order valence-electron chi connectivity index (χ2n) is 20.1. The second-order valence-corrected chi connectivity index (χ2v) is 21.1. The number of aliphatic hydroxyl groups excluding tert-OH is 1. The molecule has 402 valence electrons. The van der Waals surface area contributed by atoms with Gasteiger partial charge in [0.15, 0.2) is 0 Å². The lowest BCUT2D eigenvalue weighted by Crippen LogP contribution is -2.62. The highest BCUT2D eigenvalue weighted by Crippen LogP contribution is 2.15. The van der Waals surface area contributed by atoms with Gasteiger partial charge in [-0.1, -0.05) is 106 Å². The Morgan fingerprint density at radius 3 is 1.32 bits per heavy atom. The summed E-state index contributed by atoms with van der Waals surface area (Å²) in [5.74, 6) is -7.85. The quantitative estimate of drug-likeness (QED) is 0.0489. The van der Waals surface area contributed by atoms with Gasteiger partial charge in [-0.25, -0.2) is 4.79 Å². The van der Waals surface area contributed by atoms with Crippen LogP contribution in [0.15, 0.2) is 30.3 Å². The van der Waals surface area contributed by atoms with Crippen molar-refractivity contribution >= 4 is 65.0 Å². The Labute approximate surface area is 424 Å². The van der Waals surface area contributed by atoms with Gasteiger partial charge in [0, 0.05) is 6.42 Å². The van der Waals surface area contributed by atoms with E-state index in [2.05, 4.69) is 42.5 Å². The lowest BCUT2D eigenvalue weighted by atomic mass is 9.96. The maximum absolute atomic E-state index is 14.4. The molecule has 0 aliphatic rings. The van der Waals surface area contributed by atoms with Crippen LogP contribution >= 0.6 is 11.8 Å². The molecule has 0 fully saturated rings. The molecule has 0 aliphatic carbocycles.